The fraction of sp³-hybridized carbons (Fsp3) is 0.875. The summed E-state index contributed by atoms with van der Waals surface area (Å²) < 4.78 is 5.41. The summed E-state index contributed by atoms with van der Waals surface area (Å²) >= 11 is 1.78. The molecule has 2 rings (SSSR count). The van der Waals surface area contributed by atoms with E-state index in [-0.39, 0.29) is 0 Å². The van der Waals surface area contributed by atoms with E-state index in [9.17, 15) is 0 Å². The van der Waals surface area contributed by atoms with E-state index in [2.05, 4.69) is 17.2 Å². The molecule has 0 amide bonds. The van der Waals surface area contributed by atoms with Crippen molar-refractivity contribution in [1.82, 2.24) is 5.32 Å². The Labute approximate surface area is 77.0 Å². The van der Waals surface area contributed by atoms with Gasteiger partial charge in [0.25, 0.3) is 0 Å². The van der Waals surface area contributed by atoms with E-state index in [1.807, 2.05) is 0 Å². The molecule has 2 heterocycles. The summed E-state index contributed by atoms with van der Waals surface area (Å²) in [6.45, 7) is 5.09. The average molecular weight is 186 g/mol. The molecule has 4 heteroatoms. The molecule has 0 aliphatic carbocycles. The molecule has 0 aromatic heterocycles. The first-order chi connectivity index (χ1) is 5.84. The molecule has 3 nitrogen and oxygen atoms in total. The highest BCUT2D eigenvalue weighted by atomic mass is 32.2. The first kappa shape index (κ1) is 8.38. The molecular weight excluding hydrogens is 172 g/mol. The van der Waals surface area contributed by atoms with Gasteiger partial charge in [0.1, 0.15) is 6.61 Å². The van der Waals surface area contributed by atoms with Crippen LogP contribution in [0, 0.1) is 0 Å². The number of hydrogen-bond acceptors (Lipinski definition) is 4. The Morgan fingerprint density at radius 3 is 3.17 bits per heavy atom. The molecule has 2 aliphatic heterocycles. The molecule has 0 spiro atoms. The minimum atomic E-state index is 0.363. The number of rotatable bonds is 1. The summed E-state index contributed by atoms with van der Waals surface area (Å²) in [7, 11) is 0. The van der Waals surface area contributed by atoms with Crippen molar-refractivity contribution in [3.05, 3.63) is 0 Å². The zero-order valence-corrected chi connectivity index (χ0v) is 8.06. The van der Waals surface area contributed by atoms with Crippen molar-refractivity contribution in [3.8, 4) is 0 Å². The van der Waals surface area contributed by atoms with Gasteiger partial charge in [0.15, 0.2) is 0 Å². The molecule has 0 aromatic carbocycles. The van der Waals surface area contributed by atoms with E-state index in [0.717, 1.165) is 24.9 Å². The van der Waals surface area contributed by atoms with Crippen molar-refractivity contribution in [2.24, 2.45) is 4.99 Å². The summed E-state index contributed by atoms with van der Waals surface area (Å²) in [5.74, 6) is 0. The molecule has 0 saturated carbocycles. The summed E-state index contributed by atoms with van der Waals surface area (Å²) in [6, 6.07) is 0.363. The van der Waals surface area contributed by atoms with Crippen LogP contribution >= 0.6 is 11.8 Å². The third-order valence-corrected chi connectivity index (χ3v) is 3.22. The zero-order chi connectivity index (χ0) is 8.39. The third-order valence-electron chi connectivity index (χ3n) is 2.06. The molecular formula is C8H14N2OS. The van der Waals surface area contributed by atoms with Crippen molar-refractivity contribution in [2.45, 2.75) is 24.6 Å². The molecule has 68 valence electrons. The maximum Gasteiger partial charge on any atom is 0.246 e. The number of hydrogen-bond donors (Lipinski definition) is 1. The Hall–Kier alpha value is -0.220. The lowest BCUT2D eigenvalue weighted by atomic mass is 10.4. The maximum absolute atomic E-state index is 5.41. The van der Waals surface area contributed by atoms with E-state index in [4.69, 9.17) is 4.74 Å². The molecule has 1 saturated heterocycles. The average Bonchev–Trinajstić information content (AvgIpc) is 2.63. The van der Waals surface area contributed by atoms with E-state index < -0.39 is 0 Å². The van der Waals surface area contributed by atoms with Crippen LogP contribution in [0.2, 0.25) is 0 Å². The van der Waals surface area contributed by atoms with E-state index >= 15 is 0 Å². The number of ether oxygens (including phenoxy) is 1. The highest BCUT2D eigenvalue weighted by Crippen LogP contribution is 2.22. The van der Waals surface area contributed by atoms with Crippen LogP contribution < -0.4 is 5.32 Å². The Morgan fingerprint density at radius 1 is 1.67 bits per heavy atom. The Bertz CT molecular complexity index is 189. The van der Waals surface area contributed by atoms with Crippen LogP contribution in [0.1, 0.15) is 13.3 Å². The monoisotopic (exact) mass is 186 g/mol. The minimum absolute atomic E-state index is 0.363. The first-order valence-electron chi connectivity index (χ1n) is 4.42. The van der Waals surface area contributed by atoms with Crippen molar-refractivity contribution < 1.29 is 4.74 Å². The van der Waals surface area contributed by atoms with E-state index in [0.29, 0.717) is 11.3 Å². The Balaban J connectivity index is 1.82. The van der Waals surface area contributed by atoms with Crippen molar-refractivity contribution in [1.29, 1.82) is 0 Å². The number of nitrogens with zero attached hydrogens (tertiary/aromatic N) is 1. The smallest absolute Gasteiger partial charge is 0.246 e. The molecule has 12 heavy (non-hydrogen) atoms. The second-order valence-corrected chi connectivity index (χ2v) is 4.54. The summed E-state index contributed by atoms with van der Waals surface area (Å²) in [4.78, 5) is 4.38. The normalized spacial score (nSPS) is 34.9. The van der Waals surface area contributed by atoms with Gasteiger partial charge in [-0.2, -0.15) is 0 Å². The van der Waals surface area contributed by atoms with E-state index in [1.165, 1.54) is 6.42 Å². The molecule has 0 bridgehead atoms. The topological polar surface area (TPSA) is 33.6 Å². The molecule has 2 atom stereocenters. The lowest BCUT2D eigenvalue weighted by molar-refractivity contribution is 0.330. The SMILES string of the molecule is CC1COC(SC2CCNC2)=N1. The highest BCUT2D eigenvalue weighted by molar-refractivity contribution is 8.14. The number of thioether (sulfide) groups is 1. The van der Waals surface area contributed by atoms with Gasteiger partial charge in [-0.15, -0.1) is 0 Å². The lowest BCUT2D eigenvalue weighted by Gasteiger charge is -2.05. The predicted octanol–water partition coefficient (Wildman–Crippen LogP) is 0.856. The van der Waals surface area contributed by atoms with Gasteiger partial charge in [0.2, 0.25) is 5.23 Å². The fourth-order valence-electron chi connectivity index (χ4n) is 1.38. The van der Waals surface area contributed by atoms with Crippen LogP contribution in [-0.4, -0.2) is 36.2 Å². The van der Waals surface area contributed by atoms with Crippen LogP contribution in [0.3, 0.4) is 0 Å². The largest absolute Gasteiger partial charge is 0.471 e. The van der Waals surface area contributed by atoms with Crippen molar-refractivity contribution >= 4 is 17.0 Å². The minimum Gasteiger partial charge on any atom is -0.471 e. The predicted molar refractivity (Wildman–Crippen MR) is 51.7 cm³/mol. The Kier molecular flexibility index (Phi) is 2.56. The lowest BCUT2D eigenvalue weighted by Crippen LogP contribution is -2.12. The van der Waals surface area contributed by atoms with Crippen molar-refractivity contribution in [2.75, 3.05) is 19.7 Å². The summed E-state index contributed by atoms with van der Waals surface area (Å²) in [6.07, 6.45) is 1.24. The molecule has 1 fully saturated rings. The standard InChI is InChI=1S/C8H14N2OS/c1-6-5-11-8(10-6)12-7-2-3-9-4-7/h6-7,9H,2-5H2,1H3. The molecule has 0 radical (unpaired) electrons. The second kappa shape index (κ2) is 3.66. The summed E-state index contributed by atoms with van der Waals surface area (Å²) in [5, 5.41) is 4.90. The van der Waals surface area contributed by atoms with Gasteiger partial charge in [-0.05, 0) is 19.9 Å². The first-order valence-corrected chi connectivity index (χ1v) is 5.30. The molecule has 2 unspecified atom stereocenters. The number of aliphatic imine (C=N–C) groups is 1. The van der Waals surface area contributed by atoms with Gasteiger partial charge in [-0.3, -0.25) is 0 Å². The quantitative estimate of drug-likeness (QED) is 0.659. The van der Waals surface area contributed by atoms with E-state index in [1.54, 1.807) is 11.8 Å². The van der Waals surface area contributed by atoms with Crippen LogP contribution in [0.5, 0.6) is 0 Å². The molecule has 0 aromatic rings. The van der Waals surface area contributed by atoms with Gasteiger partial charge < -0.3 is 10.1 Å². The maximum atomic E-state index is 5.41. The molecule has 2 aliphatic rings. The summed E-state index contributed by atoms with van der Waals surface area (Å²) in [5.41, 5.74) is 0. The van der Waals surface area contributed by atoms with Gasteiger partial charge in [-0.1, -0.05) is 11.8 Å². The van der Waals surface area contributed by atoms with Gasteiger partial charge in [-0.25, -0.2) is 4.99 Å². The molecule has 1 N–H and O–H groups in total. The fourth-order valence-corrected chi connectivity index (χ4v) is 2.48. The highest BCUT2D eigenvalue weighted by Gasteiger charge is 2.22. The Morgan fingerprint density at radius 2 is 2.58 bits per heavy atom. The van der Waals surface area contributed by atoms with Gasteiger partial charge in [0.05, 0.1) is 6.04 Å². The van der Waals surface area contributed by atoms with Gasteiger partial charge >= 0.3 is 0 Å². The van der Waals surface area contributed by atoms with Crippen LogP contribution in [0.4, 0.5) is 0 Å². The van der Waals surface area contributed by atoms with Crippen LogP contribution in [0.25, 0.3) is 0 Å². The second-order valence-electron chi connectivity index (χ2n) is 3.29. The number of nitrogens with one attached hydrogen (secondary N) is 1. The van der Waals surface area contributed by atoms with Crippen molar-refractivity contribution in [3.63, 3.8) is 0 Å². The van der Waals surface area contributed by atoms with Crippen LogP contribution in [-0.2, 0) is 4.74 Å². The van der Waals surface area contributed by atoms with Crippen LogP contribution in [0.15, 0.2) is 4.99 Å². The van der Waals surface area contributed by atoms with Gasteiger partial charge in [0, 0.05) is 11.8 Å². The third kappa shape index (κ3) is 1.93. The zero-order valence-electron chi connectivity index (χ0n) is 7.25.